The van der Waals surface area contributed by atoms with Gasteiger partial charge in [0.25, 0.3) is 0 Å². The van der Waals surface area contributed by atoms with Crippen LogP contribution < -0.4 is 0 Å². The quantitative estimate of drug-likeness (QED) is 0.453. The Kier molecular flexibility index (Phi) is 5.79. The molecule has 0 N–H and O–H groups in total. The average molecular weight is 160 g/mol. The fourth-order valence-electron chi connectivity index (χ4n) is 0.494. The van der Waals surface area contributed by atoms with Gasteiger partial charge >= 0.3 is 0 Å². The van der Waals surface area contributed by atoms with E-state index in [2.05, 4.69) is 20.8 Å². The van der Waals surface area contributed by atoms with Crippen molar-refractivity contribution >= 4 is 18.0 Å². The van der Waals surface area contributed by atoms with E-state index in [0.29, 0.717) is 11.7 Å². The van der Waals surface area contributed by atoms with Gasteiger partial charge in [0.1, 0.15) is 6.29 Å². The number of carbonyl (C=O) groups is 1. The Labute approximate surface area is 67.6 Å². The first kappa shape index (κ1) is 10.0. The molecule has 60 valence electrons. The molecular weight excluding hydrogens is 144 g/mol. The normalized spacial score (nSPS) is 13.6. The van der Waals surface area contributed by atoms with Crippen LogP contribution in [0.15, 0.2) is 0 Å². The van der Waals surface area contributed by atoms with Crippen LogP contribution in [0.5, 0.6) is 0 Å². The van der Waals surface area contributed by atoms with Gasteiger partial charge in [0.15, 0.2) is 0 Å². The Morgan fingerprint density at radius 3 is 2.40 bits per heavy atom. The summed E-state index contributed by atoms with van der Waals surface area (Å²) in [6.07, 6.45) is 1.68. The molecule has 0 bridgehead atoms. The van der Waals surface area contributed by atoms with Crippen molar-refractivity contribution in [2.24, 2.45) is 5.92 Å². The van der Waals surface area contributed by atoms with E-state index in [1.165, 1.54) is 0 Å². The maximum absolute atomic E-state index is 9.94. The van der Waals surface area contributed by atoms with Crippen molar-refractivity contribution in [1.29, 1.82) is 0 Å². The minimum atomic E-state index is 0.681. The highest BCUT2D eigenvalue weighted by molar-refractivity contribution is 7.99. The highest BCUT2D eigenvalue weighted by Gasteiger charge is 2.05. The standard InChI is InChI=1S/C8H16OS/c1-7(2)8(3)10-6-4-5-9/h5,7-8H,4,6H2,1-3H3. The first-order chi connectivity index (χ1) is 4.68. The second kappa shape index (κ2) is 5.78. The van der Waals surface area contributed by atoms with Crippen molar-refractivity contribution in [2.75, 3.05) is 5.75 Å². The molecule has 1 unspecified atom stereocenters. The smallest absolute Gasteiger partial charge is 0.120 e. The molecule has 0 saturated carbocycles. The van der Waals surface area contributed by atoms with Crippen molar-refractivity contribution in [3.05, 3.63) is 0 Å². The summed E-state index contributed by atoms with van der Waals surface area (Å²) in [7, 11) is 0. The molecule has 0 saturated heterocycles. The van der Waals surface area contributed by atoms with E-state index >= 15 is 0 Å². The topological polar surface area (TPSA) is 17.1 Å². The average Bonchev–Trinajstić information content (AvgIpc) is 1.88. The summed E-state index contributed by atoms with van der Waals surface area (Å²) in [5.74, 6) is 1.69. The lowest BCUT2D eigenvalue weighted by atomic mass is 10.2. The minimum absolute atomic E-state index is 0.681. The minimum Gasteiger partial charge on any atom is -0.303 e. The number of aldehydes is 1. The number of carbonyl (C=O) groups excluding carboxylic acids is 1. The summed E-state index contributed by atoms with van der Waals surface area (Å²) >= 11 is 1.88. The number of rotatable bonds is 5. The van der Waals surface area contributed by atoms with Crippen molar-refractivity contribution < 1.29 is 4.79 Å². The maximum atomic E-state index is 9.94. The molecule has 0 heterocycles. The van der Waals surface area contributed by atoms with Crippen LogP contribution in [0.3, 0.4) is 0 Å². The largest absolute Gasteiger partial charge is 0.303 e. The molecule has 0 aromatic heterocycles. The van der Waals surface area contributed by atoms with Crippen LogP contribution in [-0.4, -0.2) is 17.3 Å². The molecule has 0 aliphatic rings. The van der Waals surface area contributed by atoms with Gasteiger partial charge in [-0.3, -0.25) is 0 Å². The fraction of sp³-hybridized carbons (Fsp3) is 0.875. The van der Waals surface area contributed by atoms with Gasteiger partial charge in [0.05, 0.1) is 0 Å². The lowest BCUT2D eigenvalue weighted by Crippen LogP contribution is -2.06. The first-order valence-electron chi connectivity index (χ1n) is 3.73. The molecule has 0 spiro atoms. The predicted octanol–water partition coefficient (Wildman–Crippen LogP) is 2.35. The lowest BCUT2D eigenvalue weighted by molar-refractivity contribution is -0.107. The van der Waals surface area contributed by atoms with Crippen LogP contribution in [0, 0.1) is 5.92 Å². The van der Waals surface area contributed by atoms with Gasteiger partial charge in [-0.15, -0.1) is 0 Å². The van der Waals surface area contributed by atoms with Crippen LogP contribution in [-0.2, 0) is 4.79 Å². The fourth-order valence-corrected chi connectivity index (χ4v) is 1.48. The van der Waals surface area contributed by atoms with E-state index in [1.54, 1.807) is 0 Å². The van der Waals surface area contributed by atoms with Crippen molar-refractivity contribution in [3.8, 4) is 0 Å². The van der Waals surface area contributed by atoms with Gasteiger partial charge in [-0.05, 0) is 5.92 Å². The number of thioether (sulfide) groups is 1. The van der Waals surface area contributed by atoms with E-state index in [1.807, 2.05) is 11.8 Å². The third kappa shape index (κ3) is 4.86. The first-order valence-corrected chi connectivity index (χ1v) is 4.78. The van der Waals surface area contributed by atoms with Crippen LogP contribution >= 0.6 is 11.8 Å². The van der Waals surface area contributed by atoms with E-state index in [0.717, 1.165) is 18.0 Å². The third-order valence-corrected chi connectivity index (χ3v) is 3.10. The molecule has 1 nitrogen and oxygen atoms in total. The molecule has 0 aliphatic heterocycles. The number of hydrogen-bond acceptors (Lipinski definition) is 2. The van der Waals surface area contributed by atoms with Crippen LogP contribution in [0.1, 0.15) is 27.2 Å². The summed E-state index contributed by atoms with van der Waals surface area (Å²) < 4.78 is 0. The van der Waals surface area contributed by atoms with E-state index in [-0.39, 0.29) is 0 Å². The zero-order chi connectivity index (χ0) is 7.98. The molecular formula is C8H16OS. The van der Waals surface area contributed by atoms with Crippen LogP contribution in [0.2, 0.25) is 0 Å². The van der Waals surface area contributed by atoms with Crippen molar-refractivity contribution in [3.63, 3.8) is 0 Å². The SMILES string of the molecule is CC(C)C(C)SCCC=O. The molecule has 0 rings (SSSR count). The Morgan fingerprint density at radius 2 is 2.00 bits per heavy atom. The highest BCUT2D eigenvalue weighted by Crippen LogP contribution is 2.18. The molecule has 0 aromatic carbocycles. The van der Waals surface area contributed by atoms with Gasteiger partial charge < -0.3 is 4.79 Å². The molecule has 1 atom stereocenters. The Bertz CT molecular complexity index is 91.3. The molecule has 0 fully saturated rings. The summed E-state index contributed by atoms with van der Waals surface area (Å²) in [6.45, 7) is 6.62. The van der Waals surface area contributed by atoms with Gasteiger partial charge in [-0.1, -0.05) is 20.8 Å². The molecule has 0 radical (unpaired) electrons. The summed E-state index contributed by atoms with van der Waals surface area (Å²) in [5.41, 5.74) is 0. The molecule has 2 heteroatoms. The highest BCUT2D eigenvalue weighted by atomic mass is 32.2. The summed E-state index contributed by atoms with van der Waals surface area (Å²) in [5, 5.41) is 0.681. The second-order valence-corrected chi connectivity index (χ2v) is 4.26. The zero-order valence-electron chi connectivity index (χ0n) is 6.96. The Hall–Kier alpha value is 0.0200. The summed E-state index contributed by atoms with van der Waals surface area (Å²) in [4.78, 5) is 9.94. The van der Waals surface area contributed by atoms with Gasteiger partial charge in [0, 0.05) is 17.4 Å². The zero-order valence-corrected chi connectivity index (χ0v) is 7.78. The van der Waals surface area contributed by atoms with Gasteiger partial charge in [-0.2, -0.15) is 11.8 Å². The molecule has 0 aromatic rings. The van der Waals surface area contributed by atoms with E-state index in [9.17, 15) is 4.79 Å². The van der Waals surface area contributed by atoms with E-state index < -0.39 is 0 Å². The number of hydrogen-bond donors (Lipinski definition) is 0. The monoisotopic (exact) mass is 160 g/mol. The Balaban J connectivity index is 3.21. The van der Waals surface area contributed by atoms with Crippen LogP contribution in [0.4, 0.5) is 0 Å². The lowest BCUT2D eigenvalue weighted by Gasteiger charge is -2.13. The Morgan fingerprint density at radius 1 is 1.40 bits per heavy atom. The summed E-state index contributed by atoms with van der Waals surface area (Å²) in [6, 6.07) is 0. The maximum Gasteiger partial charge on any atom is 0.120 e. The van der Waals surface area contributed by atoms with Gasteiger partial charge in [-0.25, -0.2) is 0 Å². The van der Waals surface area contributed by atoms with E-state index in [4.69, 9.17) is 0 Å². The third-order valence-electron chi connectivity index (χ3n) is 1.56. The molecule has 0 aliphatic carbocycles. The second-order valence-electron chi connectivity index (χ2n) is 2.78. The molecule has 0 amide bonds. The predicted molar refractivity (Wildman–Crippen MR) is 47.4 cm³/mol. The molecule has 10 heavy (non-hydrogen) atoms. The van der Waals surface area contributed by atoms with Crippen molar-refractivity contribution in [2.45, 2.75) is 32.4 Å². The van der Waals surface area contributed by atoms with Gasteiger partial charge in [0.2, 0.25) is 0 Å². The van der Waals surface area contributed by atoms with Crippen LogP contribution in [0.25, 0.3) is 0 Å². The van der Waals surface area contributed by atoms with Crippen molar-refractivity contribution in [1.82, 2.24) is 0 Å².